The molecule has 0 saturated heterocycles. The van der Waals surface area contributed by atoms with Crippen LogP contribution in [0.3, 0.4) is 0 Å². The van der Waals surface area contributed by atoms with Gasteiger partial charge in [0, 0.05) is 23.2 Å². The molecule has 0 aliphatic rings. The van der Waals surface area contributed by atoms with E-state index in [1.54, 1.807) is 11.3 Å². The van der Waals surface area contributed by atoms with Crippen LogP contribution in [0.25, 0.3) is 10.6 Å². The van der Waals surface area contributed by atoms with E-state index in [1.807, 2.05) is 0 Å². The molecule has 0 spiro atoms. The van der Waals surface area contributed by atoms with Crippen molar-refractivity contribution in [3.8, 4) is 10.6 Å². The summed E-state index contributed by atoms with van der Waals surface area (Å²) in [4.78, 5) is 4.64. The maximum atomic E-state index is 5.73. The lowest BCUT2D eigenvalue weighted by atomic mass is 10.0. The van der Waals surface area contributed by atoms with E-state index in [-0.39, 0.29) is 0 Å². The molecule has 3 heteroatoms. The second-order valence-corrected chi connectivity index (χ2v) is 5.57. The average molecular weight is 266 g/mol. The lowest BCUT2D eigenvalue weighted by Crippen LogP contribution is -1.90. The Morgan fingerprint density at radius 3 is 2.53 bits per heavy atom. The number of rotatable bonds is 3. The van der Waals surface area contributed by atoms with Gasteiger partial charge in [-0.15, -0.1) is 22.9 Å². The lowest BCUT2D eigenvalue weighted by Gasteiger charge is -2.07. The Morgan fingerprint density at radius 1 is 1.12 bits per heavy atom. The minimum Gasteiger partial charge on any atom is -0.241 e. The van der Waals surface area contributed by atoms with Crippen molar-refractivity contribution in [1.82, 2.24) is 4.98 Å². The van der Waals surface area contributed by atoms with Gasteiger partial charge in [-0.2, -0.15) is 0 Å². The Bertz CT molecular complexity index is 531. The van der Waals surface area contributed by atoms with Crippen LogP contribution >= 0.6 is 22.9 Å². The molecule has 0 atom stereocenters. The van der Waals surface area contributed by atoms with Gasteiger partial charge in [0.15, 0.2) is 0 Å². The second kappa shape index (κ2) is 5.19. The number of hydrogen-bond donors (Lipinski definition) is 0. The zero-order valence-electron chi connectivity index (χ0n) is 10.4. The third kappa shape index (κ3) is 2.70. The summed E-state index contributed by atoms with van der Waals surface area (Å²) >= 11 is 7.43. The summed E-state index contributed by atoms with van der Waals surface area (Å²) in [6.07, 6.45) is 0.849. The van der Waals surface area contributed by atoms with Crippen LogP contribution in [0.15, 0.2) is 17.5 Å². The standard InChI is InChI=1S/C14H16ClNS/c1-9-6-11(3)13(7-10(9)2)14-16-12(4-5-15)8-17-14/h6-8H,4-5H2,1-3H3. The molecule has 1 heterocycles. The molecule has 0 N–H and O–H groups in total. The first kappa shape index (κ1) is 12.6. The summed E-state index contributed by atoms with van der Waals surface area (Å²) < 4.78 is 0. The molecular weight excluding hydrogens is 250 g/mol. The van der Waals surface area contributed by atoms with Crippen molar-refractivity contribution in [1.29, 1.82) is 0 Å². The van der Waals surface area contributed by atoms with Crippen LogP contribution < -0.4 is 0 Å². The van der Waals surface area contributed by atoms with E-state index in [9.17, 15) is 0 Å². The van der Waals surface area contributed by atoms with Gasteiger partial charge in [0.2, 0.25) is 0 Å². The van der Waals surface area contributed by atoms with Crippen molar-refractivity contribution in [2.24, 2.45) is 0 Å². The van der Waals surface area contributed by atoms with E-state index in [4.69, 9.17) is 11.6 Å². The molecular formula is C14H16ClNS. The lowest BCUT2D eigenvalue weighted by molar-refractivity contribution is 1.07. The van der Waals surface area contributed by atoms with Crippen molar-refractivity contribution < 1.29 is 0 Å². The monoisotopic (exact) mass is 265 g/mol. The first-order valence-electron chi connectivity index (χ1n) is 5.70. The second-order valence-electron chi connectivity index (χ2n) is 4.33. The molecule has 0 fully saturated rings. The molecule has 0 amide bonds. The van der Waals surface area contributed by atoms with Crippen LogP contribution in [0.5, 0.6) is 0 Å². The Morgan fingerprint density at radius 2 is 1.82 bits per heavy atom. The van der Waals surface area contributed by atoms with Crippen molar-refractivity contribution in [2.75, 3.05) is 5.88 Å². The van der Waals surface area contributed by atoms with Gasteiger partial charge < -0.3 is 0 Å². The number of aromatic nitrogens is 1. The van der Waals surface area contributed by atoms with Gasteiger partial charge in [0.1, 0.15) is 5.01 Å². The first-order valence-corrected chi connectivity index (χ1v) is 7.12. The van der Waals surface area contributed by atoms with Gasteiger partial charge in [-0.1, -0.05) is 6.07 Å². The molecule has 0 bridgehead atoms. The largest absolute Gasteiger partial charge is 0.241 e. The molecule has 0 aliphatic heterocycles. The average Bonchev–Trinajstić information content (AvgIpc) is 2.72. The van der Waals surface area contributed by atoms with Gasteiger partial charge in [-0.05, 0) is 43.5 Å². The predicted octanol–water partition coefficient (Wildman–Crippen LogP) is 4.52. The molecule has 1 aromatic heterocycles. The quantitative estimate of drug-likeness (QED) is 0.744. The first-order chi connectivity index (χ1) is 8.11. The summed E-state index contributed by atoms with van der Waals surface area (Å²) in [5.41, 5.74) is 6.29. The number of nitrogens with zero attached hydrogens (tertiary/aromatic N) is 1. The fraction of sp³-hybridized carbons (Fsp3) is 0.357. The summed E-state index contributed by atoms with van der Waals surface area (Å²) in [6, 6.07) is 4.46. The minimum absolute atomic E-state index is 0.634. The number of hydrogen-bond acceptors (Lipinski definition) is 2. The highest BCUT2D eigenvalue weighted by molar-refractivity contribution is 7.13. The van der Waals surface area contributed by atoms with Gasteiger partial charge in [-0.3, -0.25) is 0 Å². The summed E-state index contributed by atoms with van der Waals surface area (Å²) in [5.74, 6) is 0.634. The Kier molecular flexibility index (Phi) is 3.85. The topological polar surface area (TPSA) is 12.9 Å². The van der Waals surface area contributed by atoms with E-state index in [2.05, 4.69) is 43.3 Å². The van der Waals surface area contributed by atoms with Crippen molar-refractivity contribution in [3.05, 3.63) is 39.9 Å². The highest BCUT2D eigenvalue weighted by Gasteiger charge is 2.08. The minimum atomic E-state index is 0.634. The fourth-order valence-corrected chi connectivity index (χ4v) is 2.96. The summed E-state index contributed by atoms with van der Waals surface area (Å²) in [7, 11) is 0. The van der Waals surface area contributed by atoms with Crippen LogP contribution in [-0.4, -0.2) is 10.9 Å². The third-order valence-electron chi connectivity index (χ3n) is 2.97. The van der Waals surface area contributed by atoms with Gasteiger partial charge in [-0.25, -0.2) is 4.98 Å². The van der Waals surface area contributed by atoms with Gasteiger partial charge in [0.05, 0.1) is 5.69 Å². The van der Waals surface area contributed by atoms with E-state index < -0.39 is 0 Å². The maximum absolute atomic E-state index is 5.73. The van der Waals surface area contributed by atoms with Crippen LogP contribution in [0.1, 0.15) is 22.4 Å². The van der Waals surface area contributed by atoms with Crippen molar-refractivity contribution in [2.45, 2.75) is 27.2 Å². The molecule has 0 aliphatic carbocycles. The maximum Gasteiger partial charge on any atom is 0.123 e. The van der Waals surface area contributed by atoms with E-state index in [0.717, 1.165) is 17.1 Å². The molecule has 0 saturated carbocycles. The Hall–Kier alpha value is -0.860. The number of alkyl halides is 1. The molecule has 2 rings (SSSR count). The SMILES string of the molecule is Cc1cc(C)c(-c2nc(CCCl)cs2)cc1C. The summed E-state index contributed by atoms with van der Waals surface area (Å²) in [5, 5.41) is 3.21. The highest BCUT2D eigenvalue weighted by atomic mass is 35.5. The molecule has 1 aromatic carbocycles. The van der Waals surface area contributed by atoms with E-state index in [1.165, 1.54) is 22.3 Å². The normalized spacial score (nSPS) is 10.8. The smallest absolute Gasteiger partial charge is 0.123 e. The van der Waals surface area contributed by atoms with Crippen LogP contribution in [0.2, 0.25) is 0 Å². The molecule has 2 aromatic rings. The van der Waals surface area contributed by atoms with Crippen LogP contribution in [-0.2, 0) is 6.42 Å². The fourth-order valence-electron chi connectivity index (χ4n) is 1.83. The Balaban J connectivity index is 2.41. The van der Waals surface area contributed by atoms with Crippen LogP contribution in [0.4, 0.5) is 0 Å². The number of benzene rings is 1. The van der Waals surface area contributed by atoms with Crippen molar-refractivity contribution >= 4 is 22.9 Å². The molecule has 17 heavy (non-hydrogen) atoms. The Labute approximate surface area is 111 Å². The van der Waals surface area contributed by atoms with E-state index in [0.29, 0.717) is 5.88 Å². The predicted molar refractivity (Wildman–Crippen MR) is 76.2 cm³/mol. The summed E-state index contributed by atoms with van der Waals surface area (Å²) in [6.45, 7) is 6.43. The third-order valence-corrected chi connectivity index (χ3v) is 4.09. The molecule has 90 valence electrons. The zero-order valence-corrected chi connectivity index (χ0v) is 12.0. The highest BCUT2D eigenvalue weighted by Crippen LogP contribution is 2.29. The number of thiazole rings is 1. The molecule has 0 radical (unpaired) electrons. The van der Waals surface area contributed by atoms with Crippen molar-refractivity contribution in [3.63, 3.8) is 0 Å². The van der Waals surface area contributed by atoms with E-state index >= 15 is 0 Å². The molecule has 0 unspecified atom stereocenters. The van der Waals surface area contributed by atoms with Gasteiger partial charge >= 0.3 is 0 Å². The molecule has 1 nitrogen and oxygen atoms in total. The number of halogens is 1. The zero-order chi connectivity index (χ0) is 12.4. The van der Waals surface area contributed by atoms with Gasteiger partial charge in [0.25, 0.3) is 0 Å². The number of aryl methyl sites for hydroxylation is 4. The van der Waals surface area contributed by atoms with Crippen LogP contribution in [0, 0.1) is 20.8 Å².